The minimum Gasteiger partial charge on any atom is -0.748 e. The van der Waals surface area contributed by atoms with Gasteiger partial charge < -0.3 is 30.3 Å². The standard InChI is InChI=1S/C6H14ClSi.2C5H5.Nb.2H/c1-5(2)8(7)6(3)4;2*1-2-4-5-3-1;;;/h5-6H,1-4H3;2*1-5H;;;/q;-5;-1;;;. The van der Waals surface area contributed by atoms with Crippen molar-refractivity contribution < 1.29 is 22.4 Å². The van der Waals surface area contributed by atoms with Crippen molar-refractivity contribution in [1.82, 2.24) is 0 Å². The fourth-order valence-corrected chi connectivity index (χ4v) is 2.64. The molecule has 0 saturated carbocycles. The van der Waals surface area contributed by atoms with Gasteiger partial charge in [0.1, 0.15) is 0 Å². The fourth-order valence-electron chi connectivity index (χ4n) is 1.31. The van der Waals surface area contributed by atoms with E-state index in [9.17, 15) is 0 Å². The molecule has 0 amide bonds. The molecule has 0 aliphatic heterocycles. The molecule has 0 heterocycles. The molecule has 112 valence electrons. The van der Waals surface area contributed by atoms with Gasteiger partial charge in [0.15, 0.2) is 8.11 Å². The van der Waals surface area contributed by atoms with Crippen LogP contribution in [0.4, 0.5) is 0 Å². The third kappa shape index (κ3) is 14.2. The molecule has 2 aromatic rings. The molecule has 0 spiro atoms. The molecular weight excluding hydrogens is 349 g/mol. The molecule has 0 aromatic heterocycles. The summed E-state index contributed by atoms with van der Waals surface area (Å²) in [4.78, 5) is 0. The van der Waals surface area contributed by atoms with Crippen molar-refractivity contribution in [3.63, 3.8) is 0 Å². The van der Waals surface area contributed by atoms with Gasteiger partial charge in [-0.3, -0.25) is 0 Å². The van der Waals surface area contributed by atoms with E-state index in [0.717, 1.165) is 0 Å². The molecule has 0 bridgehead atoms. The Bertz CT molecular complexity index is 259. The van der Waals surface area contributed by atoms with Crippen LogP contribution in [-0.2, 0) is 22.4 Å². The zero-order valence-corrected chi connectivity index (χ0v) is 17.0. The Morgan fingerprint density at radius 3 is 1.21 bits per heavy atom. The van der Waals surface area contributed by atoms with E-state index in [-0.39, 0.29) is 22.4 Å². The van der Waals surface area contributed by atoms with Crippen LogP contribution in [0.15, 0.2) is 60.7 Å². The third-order valence-corrected chi connectivity index (χ3v) is 7.04. The summed E-state index contributed by atoms with van der Waals surface area (Å²) in [6, 6.07) is 20.0. The second kappa shape index (κ2) is 14.4. The van der Waals surface area contributed by atoms with Crippen LogP contribution in [0.5, 0.6) is 0 Å². The van der Waals surface area contributed by atoms with Crippen molar-refractivity contribution in [2.24, 2.45) is 0 Å². The van der Waals surface area contributed by atoms with E-state index in [1.165, 1.54) is 0 Å². The third-order valence-electron chi connectivity index (χ3n) is 2.21. The van der Waals surface area contributed by atoms with Gasteiger partial charge in [-0.15, -0.1) is 0 Å². The summed E-state index contributed by atoms with van der Waals surface area (Å²) in [5, 5.41) is 0. The summed E-state index contributed by atoms with van der Waals surface area (Å²) >= 11 is 6.05. The smallest absolute Gasteiger partial charge is 0.172 e. The topological polar surface area (TPSA) is 0 Å². The zero-order chi connectivity index (χ0) is 13.8. The van der Waals surface area contributed by atoms with Crippen LogP contribution in [0.2, 0.25) is 11.1 Å². The molecule has 2 aromatic carbocycles. The van der Waals surface area contributed by atoms with Gasteiger partial charge in [-0.2, -0.15) is 29.3 Å². The summed E-state index contributed by atoms with van der Waals surface area (Å²) in [7, 11) is -0.551. The minimum atomic E-state index is -0.551. The van der Waals surface area contributed by atoms with Crippen LogP contribution in [0, 0.1) is 0 Å². The molecule has 0 aliphatic carbocycles. The number of halogens is 1. The van der Waals surface area contributed by atoms with E-state index >= 15 is 0 Å². The van der Waals surface area contributed by atoms with Gasteiger partial charge in [-0.25, -0.2) is 12.1 Å². The second-order valence-electron chi connectivity index (χ2n) is 4.62. The van der Waals surface area contributed by atoms with Crippen molar-refractivity contribution in [2.45, 2.75) is 38.8 Å². The van der Waals surface area contributed by atoms with Crippen LogP contribution in [0.25, 0.3) is 0 Å². The average molecular weight is 375 g/mol. The number of hydrogen-bond donors (Lipinski definition) is 0. The van der Waals surface area contributed by atoms with Crippen molar-refractivity contribution in [3.8, 4) is 0 Å². The Morgan fingerprint density at radius 2 is 1.11 bits per heavy atom. The molecule has 0 unspecified atom stereocenters. The van der Waals surface area contributed by atoms with Crippen molar-refractivity contribution in [3.05, 3.63) is 60.7 Å². The van der Waals surface area contributed by atoms with Gasteiger partial charge in [-0.05, 0) is 11.1 Å². The van der Waals surface area contributed by atoms with E-state index < -0.39 is 8.11 Å². The van der Waals surface area contributed by atoms with E-state index in [2.05, 4.69) is 27.7 Å². The summed E-state index contributed by atoms with van der Waals surface area (Å²) in [5.74, 6) is 0. The van der Waals surface area contributed by atoms with E-state index in [1.54, 1.807) is 0 Å². The monoisotopic (exact) mass is 374 g/mol. The van der Waals surface area contributed by atoms with Gasteiger partial charge in [0.25, 0.3) is 0 Å². The van der Waals surface area contributed by atoms with Crippen LogP contribution < -0.4 is 0 Å². The Hall–Kier alpha value is -0.0529. The van der Waals surface area contributed by atoms with E-state index in [1.807, 2.05) is 60.7 Å². The van der Waals surface area contributed by atoms with E-state index in [4.69, 9.17) is 11.1 Å². The molecule has 2 rings (SSSR count). The van der Waals surface area contributed by atoms with Gasteiger partial charge in [0.2, 0.25) is 0 Å². The Kier molecular flexibility index (Phi) is 16.1. The van der Waals surface area contributed by atoms with Crippen LogP contribution in [0.1, 0.15) is 27.7 Å². The molecule has 19 heavy (non-hydrogen) atoms. The van der Waals surface area contributed by atoms with Crippen LogP contribution >= 0.6 is 11.1 Å². The minimum absolute atomic E-state index is 0. The van der Waals surface area contributed by atoms with Crippen molar-refractivity contribution in [2.75, 3.05) is 0 Å². The summed E-state index contributed by atoms with van der Waals surface area (Å²) in [6.45, 7) is 8.78. The fraction of sp³-hybridized carbons (Fsp3) is 0.375. The maximum atomic E-state index is 6.05. The molecule has 2 radical (unpaired) electrons. The molecular formula is C16H26ClNbSi-6. The SMILES string of the molecule is CC(C)[Si](Cl)C(C)C.[NbH2].[cH-]1[cH-][cH-][cH-][cH-]1.c1cc[cH-]c1. The molecule has 0 fully saturated rings. The van der Waals surface area contributed by atoms with Gasteiger partial charge in [0, 0.05) is 0 Å². The molecule has 0 N–H and O–H groups in total. The predicted molar refractivity (Wildman–Crippen MR) is 88.7 cm³/mol. The van der Waals surface area contributed by atoms with Crippen LogP contribution in [0.3, 0.4) is 0 Å². The first-order valence-corrected chi connectivity index (χ1v) is 9.08. The first-order chi connectivity index (χ1) is 8.55. The first kappa shape index (κ1) is 21.2. The molecule has 0 saturated heterocycles. The maximum absolute atomic E-state index is 6.05. The first-order valence-electron chi connectivity index (χ1n) is 6.41. The average Bonchev–Trinajstić information content (AvgIpc) is 3.05. The van der Waals surface area contributed by atoms with Gasteiger partial charge >= 0.3 is 22.4 Å². The summed E-state index contributed by atoms with van der Waals surface area (Å²) in [6.07, 6.45) is 0. The zero-order valence-electron chi connectivity index (χ0n) is 12.4. The van der Waals surface area contributed by atoms with E-state index in [0.29, 0.717) is 11.1 Å². The molecule has 0 nitrogen and oxygen atoms in total. The molecule has 0 atom stereocenters. The van der Waals surface area contributed by atoms with Crippen molar-refractivity contribution in [1.29, 1.82) is 0 Å². The number of rotatable bonds is 2. The van der Waals surface area contributed by atoms with Gasteiger partial charge in [0.05, 0.1) is 0 Å². The number of hydrogen-bond acceptors (Lipinski definition) is 0. The normalized spacial score (nSPS) is 9.26. The maximum Gasteiger partial charge on any atom is -0.172 e. The predicted octanol–water partition coefficient (Wildman–Crippen LogP) is 5.31. The summed E-state index contributed by atoms with van der Waals surface area (Å²) < 4.78 is 0. The van der Waals surface area contributed by atoms with Crippen LogP contribution in [-0.4, -0.2) is 8.11 Å². The Morgan fingerprint density at radius 1 is 0.789 bits per heavy atom. The molecule has 0 aliphatic rings. The Labute approximate surface area is 140 Å². The summed E-state index contributed by atoms with van der Waals surface area (Å²) in [5.41, 5.74) is 1.42. The second-order valence-corrected chi connectivity index (χ2v) is 9.01. The largest absolute Gasteiger partial charge is 0.748 e. The van der Waals surface area contributed by atoms with Crippen molar-refractivity contribution >= 4 is 19.2 Å². The molecule has 3 heteroatoms. The quantitative estimate of drug-likeness (QED) is 0.379. The Balaban J connectivity index is 0. The van der Waals surface area contributed by atoms with Gasteiger partial charge in [-0.1, -0.05) is 27.7 Å².